The van der Waals surface area contributed by atoms with Crippen LogP contribution in [-0.4, -0.2) is 19.7 Å². The van der Waals surface area contributed by atoms with E-state index < -0.39 is 0 Å². The van der Waals surface area contributed by atoms with Crippen molar-refractivity contribution in [1.29, 1.82) is 0 Å². The van der Waals surface area contributed by atoms with Gasteiger partial charge in [0, 0.05) is 7.05 Å². The van der Waals surface area contributed by atoms with Gasteiger partial charge in [0.05, 0.1) is 5.69 Å². The molecule has 0 bridgehead atoms. The first-order valence-corrected chi connectivity index (χ1v) is 5.23. The van der Waals surface area contributed by atoms with Gasteiger partial charge < -0.3 is 0 Å². The fraction of sp³-hybridized carbons (Fsp3) is 0.444. The Morgan fingerprint density at radius 3 is 2.71 bits per heavy atom. The van der Waals surface area contributed by atoms with E-state index in [9.17, 15) is 0 Å². The number of rotatable bonds is 1. The second kappa shape index (κ2) is 3.31. The van der Waals surface area contributed by atoms with Crippen molar-refractivity contribution >= 4 is 27.0 Å². The number of hydrogen-bond donors (Lipinski definition) is 0. The monoisotopic (exact) mass is 254 g/mol. The molecule has 2 rings (SSSR count). The van der Waals surface area contributed by atoms with Gasteiger partial charge in [0.2, 0.25) is 0 Å². The molecule has 2 aromatic rings. The van der Waals surface area contributed by atoms with Crippen molar-refractivity contribution < 1.29 is 0 Å². The van der Waals surface area contributed by atoms with Gasteiger partial charge in [-0.3, -0.25) is 4.68 Å². The maximum atomic E-state index is 4.29. The Morgan fingerprint density at radius 1 is 1.36 bits per heavy atom. The van der Waals surface area contributed by atoms with Gasteiger partial charge >= 0.3 is 0 Å². The maximum absolute atomic E-state index is 4.29. The van der Waals surface area contributed by atoms with Crippen LogP contribution in [0.25, 0.3) is 11.0 Å². The lowest BCUT2D eigenvalue weighted by atomic mass is 10.1. The van der Waals surface area contributed by atoms with E-state index in [0.29, 0.717) is 5.92 Å². The number of aromatic nitrogens is 4. The fourth-order valence-electron chi connectivity index (χ4n) is 1.51. The minimum Gasteiger partial charge on any atom is -0.263 e. The predicted molar refractivity (Wildman–Crippen MR) is 58.1 cm³/mol. The van der Waals surface area contributed by atoms with E-state index >= 15 is 0 Å². The molecule has 0 atom stereocenters. The molecule has 5 heteroatoms. The smallest absolute Gasteiger partial charge is 0.154 e. The Morgan fingerprint density at radius 2 is 2.07 bits per heavy atom. The zero-order chi connectivity index (χ0) is 10.3. The van der Waals surface area contributed by atoms with Crippen molar-refractivity contribution in [2.45, 2.75) is 19.8 Å². The summed E-state index contributed by atoms with van der Waals surface area (Å²) < 4.78 is 2.59. The lowest BCUT2D eigenvalue weighted by molar-refractivity contribution is 0.760. The summed E-state index contributed by atoms with van der Waals surface area (Å²) in [5.41, 5.74) is 2.93. The molecule has 0 aromatic carbocycles. The Labute approximate surface area is 90.5 Å². The molecule has 2 heterocycles. The molecule has 0 fully saturated rings. The standard InChI is InChI=1S/C9H11BrN4/c1-5(2)6-8-7(12-4-11-6)9(10)13-14(8)3/h4-5H,1-3H3. The van der Waals surface area contributed by atoms with Crippen LogP contribution >= 0.6 is 15.9 Å². The first kappa shape index (κ1) is 9.58. The van der Waals surface area contributed by atoms with Crippen molar-refractivity contribution in [3.8, 4) is 0 Å². The highest BCUT2D eigenvalue weighted by Gasteiger charge is 2.14. The van der Waals surface area contributed by atoms with E-state index in [0.717, 1.165) is 21.3 Å². The summed E-state index contributed by atoms with van der Waals surface area (Å²) in [6.45, 7) is 4.23. The molecule has 4 nitrogen and oxygen atoms in total. The summed E-state index contributed by atoms with van der Waals surface area (Å²) in [6.07, 6.45) is 1.59. The highest BCUT2D eigenvalue weighted by molar-refractivity contribution is 9.10. The summed E-state index contributed by atoms with van der Waals surface area (Å²) >= 11 is 3.38. The van der Waals surface area contributed by atoms with Crippen LogP contribution in [0.1, 0.15) is 25.5 Å². The normalized spacial score (nSPS) is 11.5. The summed E-state index contributed by atoms with van der Waals surface area (Å²) in [4.78, 5) is 8.49. The van der Waals surface area contributed by atoms with E-state index in [2.05, 4.69) is 44.8 Å². The second-order valence-electron chi connectivity index (χ2n) is 3.53. The highest BCUT2D eigenvalue weighted by atomic mass is 79.9. The molecule has 14 heavy (non-hydrogen) atoms. The average molecular weight is 255 g/mol. The zero-order valence-electron chi connectivity index (χ0n) is 8.32. The first-order valence-electron chi connectivity index (χ1n) is 4.44. The van der Waals surface area contributed by atoms with Crippen molar-refractivity contribution in [1.82, 2.24) is 19.7 Å². The Hall–Kier alpha value is -0.970. The third kappa shape index (κ3) is 1.32. The van der Waals surface area contributed by atoms with Crippen LogP contribution in [0.2, 0.25) is 0 Å². The quantitative estimate of drug-likeness (QED) is 0.784. The largest absolute Gasteiger partial charge is 0.263 e. The molecule has 0 aliphatic heterocycles. The summed E-state index contributed by atoms with van der Waals surface area (Å²) in [5, 5.41) is 4.26. The van der Waals surface area contributed by atoms with Gasteiger partial charge in [0.1, 0.15) is 17.4 Å². The molecule has 0 spiro atoms. The highest BCUT2D eigenvalue weighted by Crippen LogP contribution is 2.25. The average Bonchev–Trinajstić information content (AvgIpc) is 2.43. The van der Waals surface area contributed by atoms with E-state index in [4.69, 9.17) is 0 Å². The van der Waals surface area contributed by atoms with Crippen LogP contribution in [0.4, 0.5) is 0 Å². The first-order chi connectivity index (χ1) is 6.61. The van der Waals surface area contributed by atoms with Gasteiger partial charge in [0.25, 0.3) is 0 Å². The number of aryl methyl sites for hydroxylation is 1. The SMILES string of the molecule is CC(C)c1ncnc2c(Br)nn(C)c12. The molecule has 0 unspecified atom stereocenters. The summed E-state index contributed by atoms with van der Waals surface area (Å²) in [7, 11) is 1.91. The number of fused-ring (bicyclic) bond motifs is 1. The fourth-order valence-corrected chi connectivity index (χ4v) is 2.04. The van der Waals surface area contributed by atoms with Gasteiger partial charge in [-0.05, 0) is 21.8 Å². The Bertz CT molecular complexity index is 475. The van der Waals surface area contributed by atoms with Gasteiger partial charge in [-0.2, -0.15) is 5.10 Å². The minimum atomic E-state index is 0.378. The summed E-state index contributed by atoms with van der Waals surface area (Å²) in [5.74, 6) is 0.378. The van der Waals surface area contributed by atoms with Gasteiger partial charge in [-0.1, -0.05) is 13.8 Å². The Kier molecular flexibility index (Phi) is 2.26. The van der Waals surface area contributed by atoms with Gasteiger partial charge in [-0.25, -0.2) is 9.97 Å². The lowest BCUT2D eigenvalue weighted by Gasteiger charge is -2.05. The molecule has 0 saturated heterocycles. The number of halogens is 1. The molecular weight excluding hydrogens is 244 g/mol. The van der Waals surface area contributed by atoms with Gasteiger partial charge in [0.15, 0.2) is 4.60 Å². The number of nitrogens with zero attached hydrogens (tertiary/aromatic N) is 4. The molecule has 0 N–H and O–H groups in total. The Balaban J connectivity index is 2.85. The van der Waals surface area contributed by atoms with E-state index in [1.807, 2.05) is 11.7 Å². The second-order valence-corrected chi connectivity index (χ2v) is 4.28. The molecule has 0 amide bonds. The third-order valence-corrected chi connectivity index (χ3v) is 2.69. The van der Waals surface area contributed by atoms with Crippen LogP contribution in [0.3, 0.4) is 0 Å². The third-order valence-electron chi connectivity index (χ3n) is 2.15. The van der Waals surface area contributed by atoms with Crippen LogP contribution in [0.5, 0.6) is 0 Å². The molecule has 0 aliphatic rings. The topological polar surface area (TPSA) is 43.6 Å². The van der Waals surface area contributed by atoms with Crippen LogP contribution in [-0.2, 0) is 7.05 Å². The van der Waals surface area contributed by atoms with E-state index in [1.54, 1.807) is 6.33 Å². The number of hydrogen-bond acceptors (Lipinski definition) is 3. The summed E-state index contributed by atoms with van der Waals surface area (Å²) in [6, 6.07) is 0. The van der Waals surface area contributed by atoms with Crippen molar-refractivity contribution in [2.24, 2.45) is 7.05 Å². The van der Waals surface area contributed by atoms with Crippen LogP contribution in [0, 0.1) is 0 Å². The van der Waals surface area contributed by atoms with Crippen molar-refractivity contribution in [3.63, 3.8) is 0 Å². The molecule has 0 saturated carbocycles. The minimum absolute atomic E-state index is 0.378. The maximum Gasteiger partial charge on any atom is 0.154 e. The molecule has 74 valence electrons. The van der Waals surface area contributed by atoms with Crippen molar-refractivity contribution in [3.05, 3.63) is 16.6 Å². The molecule has 0 aliphatic carbocycles. The lowest BCUT2D eigenvalue weighted by Crippen LogP contribution is -1.99. The molecular formula is C9H11BrN4. The van der Waals surface area contributed by atoms with E-state index in [-0.39, 0.29) is 0 Å². The van der Waals surface area contributed by atoms with Crippen LogP contribution in [0.15, 0.2) is 10.9 Å². The van der Waals surface area contributed by atoms with Crippen LogP contribution < -0.4 is 0 Å². The zero-order valence-corrected chi connectivity index (χ0v) is 9.91. The molecule has 2 aromatic heterocycles. The van der Waals surface area contributed by atoms with Crippen molar-refractivity contribution in [2.75, 3.05) is 0 Å². The van der Waals surface area contributed by atoms with E-state index in [1.165, 1.54) is 0 Å². The predicted octanol–water partition coefficient (Wildman–Crippen LogP) is 2.25. The van der Waals surface area contributed by atoms with Gasteiger partial charge in [-0.15, -0.1) is 0 Å². The molecule has 0 radical (unpaired) electrons.